The number of likely N-dealkylation sites (tertiary alicyclic amines) is 1. The number of piperidine rings is 1. The van der Waals surface area contributed by atoms with Crippen molar-refractivity contribution in [3.05, 3.63) is 0 Å². The largest absolute Gasteiger partial charge is 0.481 e. The molecule has 0 aromatic carbocycles. The van der Waals surface area contributed by atoms with Crippen molar-refractivity contribution in [1.29, 1.82) is 0 Å². The zero-order chi connectivity index (χ0) is 13.7. The van der Waals surface area contributed by atoms with Crippen molar-refractivity contribution in [2.24, 2.45) is 11.8 Å². The highest BCUT2D eigenvalue weighted by molar-refractivity contribution is 5.78. The Hall–Kier alpha value is -1.10. The van der Waals surface area contributed by atoms with Crippen molar-refractivity contribution in [1.82, 2.24) is 10.2 Å². The molecule has 5 heteroatoms. The normalized spacial score (nSPS) is 20.5. The van der Waals surface area contributed by atoms with E-state index in [9.17, 15) is 9.59 Å². The Morgan fingerprint density at radius 3 is 2.37 bits per heavy atom. The van der Waals surface area contributed by atoms with Crippen molar-refractivity contribution in [2.45, 2.75) is 38.5 Å². The third kappa shape index (κ3) is 5.19. The molecule has 1 aliphatic carbocycles. The Balaban J connectivity index is 1.58. The molecule has 2 rings (SSSR count). The van der Waals surface area contributed by atoms with Gasteiger partial charge in [0.15, 0.2) is 0 Å². The highest BCUT2D eigenvalue weighted by Gasteiger charge is 2.24. The van der Waals surface area contributed by atoms with E-state index in [1.165, 1.54) is 12.8 Å². The number of hydrogen-bond acceptors (Lipinski definition) is 3. The lowest BCUT2D eigenvalue weighted by Gasteiger charge is -2.32. The maximum atomic E-state index is 11.9. The standard InChI is InChI=1S/C14H24N2O3/c17-13(10-15-9-12-1-2-12)16-7-5-11(6-8-16)3-4-14(18)19/h11-12,15H,1-10H2,(H,18,19). The van der Waals surface area contributed by atoms with Gasteiger partial charge in [0.2, 0.25) is 5.91 Å². The summed E-state index contributed by atoms with van der Waals surface area (Å²) >= 11 is 0. The smallest absolute Gasteiger partial charge is 0.303 e. The summed E-state index contributed by atoms with van der Waals surface area (Å²) in [6.07, 6.45) is 5.49. The van der Waals surface area contributed by atoms with Crippen molar-refractivity contribution in [2.75, 3.05) is 26.2 Å². The molecule has 1 saturated carbocycles. The molecule has 0 bridgehead atoms. The minimum atomic E-state index is -0.720. The first-order chi connectivity index (χ1) is 9.15. The van der Waals surface area contributed by atoms with Gasteiger partial charge in [0.25, 0.3) is 0 Å². The van der Waals surface area contributed by atoms with E-state index in [2.05, 4.69) is 5.32 Å². The molecule has 5 nitrogen and oxygen atoms in total. The van der Waals surface area contributed by atoms with Gasteiger partial charge < -0.3 is 15.3 Å². The van der Waals surface area contributed by atoms with Gasteiger partial charge >= 0.3 is 5.97 Å². The minimum Gasteiger partial charge on any atom is -0.481 e. The molecule has 0 radical (unpaired) electrons. The molecule has 0 aromatic heterocycles. The van der Waals surface area contributed by atoms with Crippen LogP contribution in [0.4, 0.5) is 0 Å². The second kappa shape index (κ2) is 6.89. The van der Waals surface area contributed by atoms with Crippen LogP contribution in [0.3, 0.4) is 0 Å². The molecular weight excluding hydrogens is 244 g/mol. The van der Waals surface area contributed by atoms with Gasteiger partial charge in [-0.15, -0.1) is 0 Å². The zero-order valence-electron chi connectivity index (χ0n) is 11.4. The van der Waals surface area contributed by atoms with Gasteiger partial charge in [0.1, 0.15) is 0 Å². The molecule has 2 aliphatic rings. The second-order valence-corrected chi connectivity index (χ2v) is 5.83. The summed E-state index contributed by atoms with van der Waals surface area (Å²) in [5, 5.41) is 11.9. The maximum Gasteiger partial charge on any atom is 0.303 e. The monoisotopic (exact) mass is 268 g/mol. The van der Waals surface area contributed by atoms with E-state index in [-0.39, 0.29) is 12.3 Å². The van der Waals surface area contributed by atoms with Gasteiger partial charge in [-0.1, -0.05) is 0 Å². The van der Waals surface area contributed by atoms with Crippen molar-refractivity contribution in [3.63, 3.8) is 0 Å². The number of carboxylic acid groups (broad SMARTS) is 1. The number of nitrogens with one attached hydrogen (secondary N) is 1. The number of carbonyl (C=O) groups excluding carboxylic acids is 1. The molecule has 1 amide bonds. The van der Waals surface area contributed by atoms with Gasteiger partial charge in [-0.3, -0.25) is 9.59 Å². The molecule has 0 aromatic rings. The number of rotatable bonds is 7. The van der Waals surface area contributed by atoms with E-state index in [0.29, 0.717) is 12.5 Å². The van der Waals surface area contributed by atoms with E-state index >= 15 is 0 Å². The Labute approximate surface area is 114 Å². The summed E-state index contributed by atoms with van der Waals surface area (Å²) in [4.78, 5) is 24.4. The van der Waals surface area contributed by atoms with Crippen LogP contribution >= 0.6 is 0 Å². The fourth-order valence-corrected chi connectivity index (χ4v) is 2.62. The van der Waals surface area contributed by atoms with E-state index in [0.717, 1.165) is 44.8 Å². The van der Waals surface area contributed by atoms with E-state index in [4.69, 9.17) is 5.11 Å². The van der Waals surface area contributed by atoms with Crippen LogP contribution in [0.5, 0.6) is 0 Å². The van der Waals surface area contributed by atoms with Crippen LogP contribution in [0.1, 0.15) is 38.5 Å². The summed E-state index contributed by atoms with van der Waals surface area (Å²) in [7, 11) is 0. The molecular formula is C14H24N2O3. The number of hydrogen-bond donors (Lipinski definition) is 2. The molecule has 0 atom stereocenters. The van der Waals surface area contributed by atoms with Crippen molar-refractivity contribution < 1.29 is 14.7 Å². The Morgan fingerprint density at radius 1 is 1.11 bits per heavy atom. The van der Waals surface area contributed by atoms with Gasteiger partial charge in [-0.25, -0.2) is 0 Å². The summed E-state index contributed by atoms with van der Waals surface area (Å²) in [6.45, 7) is 3.00. The first kappa shape index (κ1) is 14.3. The highest BCUT2D eigenvalue weighted by atomic mass is 16.4. The Kier molecular flexibility index (Phi) is 5.19. The zero-order valence-corrected chi connectivity index (χ0v) is 11.4. The fraction of sp³-hybridized carbons (Fsp3) is 0.857. The topological polar surface area (TPSA) is 69.6 Å². The van der Waals surface area contributed by atoms with Crippen LogP contribution in [-0.4, -0.2) is 48.1 Å². The summed E-state index contributed by atoms with van der Waals surface area (Å²) in [5.74, 6) is 0.745. The third-order valence-corrected chi connectivity index (χ3v) is 4.14. The summed E-state index contributed by atoms with van der Waals surface area (Å²) in [6, 6.07) is 0. The second-order valence-electron chi connectivity index (χ2n) is 5.83. The average Bonchev–Trinajstić information content (AvgIpc) is 3.21. The van der Waals surface area contributed by atoms with Crippen LogP contribution in [0.15, 0.2) is 0 Å². The molecule has 1 saturated heterocycles. The summed E-state index contributed by atoms with van der Waals surface area (Å²) in [5.41, 5.74) is 0. The summed E-state index contributed by atoms with van der Waals surface area (Å²) < 4.78 is 0. The molecule has 0 spiro atoms. The maximum absolute atomic E-state index is 11.9. The van der Waals surface area contributed by atoms with Crippen molar-refractivity contribution in [3.8, 4) is 0 Å². The van der Waals surface area contributed by atoms with Gasteiger partial charge in [-0.2, -0.15) is 0 Å². The first-order valence-corrected chi connectivity index (χ1v) is 7.35. The van der Waals surface area contributed by atoms with Gasteiger partial charge in [-0.05, 0) is 50.5 Å². The van der Waals surface area contributed by atoms with Gasteiger partial charge in [0, 0.05) is 19.5 Å². The number of amides is 1. The van der Waals surface area contributed by atoms with E-state index < -0.39 is 5.97 Å². The molecule has 19 heavy (non-hydrogen) atoms. The molecule has 1 heterocycles. The lowest BCUT2D eigenvalue weighted by Crippen LogP contribution is -2.43. The lowest BCUT2D eigenvalue weighted by molar-refractivity contribution is -0.138. The number of nitrogens with zero attached hydrogens (tertiary/aromatic N) is 1. The van der Waals surface area contributed by atoms with Crippen LogP contribution < -0.4 is 5.32 Å². The minimum absolute atomic E-state index is 0.192. The van der Waals surface area contributed by atoms with Crippen molar-refractivity contribution >= 4 is 11.9 Å². The molecule has 2 fully saturated rings. The fourth-order valence-electron chi connectivity index (χ4n) is 2.62. The number of carbonyl (C=O) groups is 2. The average molecular weight is 268 g/mol. The third-order valence-electron chi connectivity index (χ3n) is 4.14. The molecule has 1 aliphatic heterocycles. The Bertz CT molecular complexity index is 321. The van der Waals surface area contributed by atoms with Crippen LogP contribution in [0.2, 0.25) is 0 Å². The van der Waals surface area contributed by atoms with E-state index in [1.807, 2.05) is 4.90 Å². The predicted octanol–water partition coefficient (Wildman–Crippen LogP) is 1.09. The highest BCUT2D eigenvalue weighted by Crippen LogP contribution is 2.27. The number of aliphatic carboxylic acids is 1. The molecule has 108 valence electrons. The quantitative estimate of drug-likeness (QED) is 0.725. The SMILES string of the molecule is O=C(O)CCC1CCN(C(=O)CNCC2CC2)CC1. The lowest BCUT2D eigenvalue weighted by atomic mass is 9.92. The van der Waals surface area contributed by atoms with Crippen LogP contribution in [0, 0.1) is 11.8 Å². The van der Waals surface area contributed by atoms with E-state index in [1.54, 1.807) is 0 Å². The molecule has 0 unspecified atom stereocenters. The predicted molar refractivity (Wildman–Crippen MR) is 71.8 cm³/mol. The Morgan fingerprint density at radius 2 is 1.79 bits per heavy atom. The first-order valence-electron chi connectivity index (χ1n) is 7.35. The van der Waals surface area contributed by atoms with Crippen LogP contribution in [0.25, 0.3) is 0 Å². The number of carboxylic acids is 1. The van der Waals surface area contributed by atoms with Crippen LogP contribution in [-0.2, 0) is 9.59 Å². The molecule has 2 N–H and O–H groups in total. The van der Waals surface area contributed by atoms with Gasteiger partial charge in [0.05, 0.1) is 6.54 Å².